The van der Waals surface area contributed by atoms with Crippen LogP contribution >= 0.6 is 11.6 Å². The van der Waals surface area contributed by atoms with Crippen molar-refractivity contribution in [3.8, 4) is 11.3 Å². The quantitative estimate of drug-likeness (QED) is 0.531. The van der Waals surface area contributed by atoms with Crippen LogP contribution in [0.2, 0.25) is 5.02 Å². The molecule has 0 aliphatic carbocycles. The van der Waals surface area contributed by atoms with Gasteiger partial charge in [0.25, 0.3) is 0 Å². The number of rotatable bonds is 4. The summed E-state index contributed by atoms with van der Waals surface area (Å²) in [6.07, 6.45) is 0.937. The molecular weight excluding hydrogens is 408 g/mol. The zero-order valence-electron chi connectivity index (χ0n) is 17.2. The van der Waals surface area contributed by atoms with Crippen LogP contribution in [0, 0.1) is 10.1 Å². The largest absolute Gasteiger partial charge is 0.444 e. The molecule has 0 unspecified atom stereocenters. The number of nitrogens with zero attached hydrogens (tertiary/aromatic N) is 3. The van der Waals surface area contributed by atoms with Crippen LogP contribution in [0.5, 0.6) is 0 Å². The van der Waals surface area contributed by atoms with Crippen molar-refractivity contribution < 1.29 is 14.5 Å². The highest BCUT2D eigenvalue weighted by molar-refractivity contribution is 6.30. The lowest BCUT2D eigenvalue weighted by molar-refractivity contribution is -0.384. The van der Waals surface area contributed by atoms with Crippen LogP contribution in [-0.4, -0.2) is 45.6 Å². The van der Waals surface area contributed by atoms with Gasteiger partial charge in [-0.25, -0.2) is 9.78 Å². The molecule has 8 nitrogen and oxygen atoms in total. The first kappa shape index (κ1) is 21.8. The molecule has 1 aliphatic heterocycles. The Hall–Kier alpha value is -2.87. The molecule has 160 valence electrons. The number of likely N-dealkylation sites (tertiary alicyclic amines) is 1. The molecule has 0 spiro atoms. The minimum Gasteiger partial charge on any atom is -0.444 e. The van der Waals surface area contributed by atoms with Gasteiger partial charge in [0.1, 0.15) is 5.60 Å². The molecule has 0 saturated carbocycles. The number of carbonyl (C=O) groups is 1. The molecule has 0 radical (unpaired) electrons. The molecule has 0 bridgehead atoms. The number of nitrogens with one attached hydrogen (secondary N) is 1. The minimum atomic E-state index is -0.544. The van der Waals surface area contributed by atoms with Gasteiger partial charge in [-0.05, 0) is 51.8 Å². The van der Waals surface area contributed by atoms with E-state index < -0.39 is 10.5 Å². The average Bonchev–Trinajstić information content (AvgIpc) is 2.67. The molecule has 1 saturated heterocycles. The Balaban J connectivity index is 1.72. The van der Waals surface area contributed by atoms with Crippen molar-refractivity contribution in [2.75, 3.05) is 18.4 Å². The molecule has 1 amide bonds. The summed E-state index contributed by atoms with van der Waals surface area (Å²) < 4.78 is 5.41. The van der Waals surface area contributed by atoms with E-state index in [0.717, 1.165) is 5.56 Å². The standard InChI is InChI=1S/C21H25ClN4O4/c1-21(2,3)30-20(27)25-11-9-16(10-12-25)23-19-18(26(28)29)8-7-17(24-19)14-5-4-6-15(22)13-14/h4-8,13,16H,9-12H2,1-3H3,(H,23,24). The first-order chi connectivity index (χ1) is 14.1. The van der Waals surface area contributed by atoms with Crippen LogP contribution in [0.15, 0.2) is 36.4 Å². The molecule has 9 heteroatoms. The van der Waals surface area contributed by atoms with Crippen molar-refractivity contribution in [1.29, 1.82) is 0 Å². The van der Waals surface area contributed by atoms with Gasteiger partial charge < -0.3 is 15.0 Å². The Labute approximate surface area is 180 Å². The van der Waals surface area contributed by atoms with E-state index in [4.69, 9.17) is 16.3 Å². The van der Waals surface area contributed by atoms with E-state index in [2.05, 4.69) is 10.3 Å². The van der Waals surface area contributed by atoms with Gasteiger partial charge in [0, 0.05) is 35.8 Å². The third-order valence-electron chi connectivity index (χ3n) is 4.68. The van der Waals surface area contributed by atoms with E-state index in [1.54, 1.807) is 29.2 Å². The topological polar surface area (TPSA) is 97.6 Å². The van der Waals surface area contributed by atoms with Crippen LogP contribution in [0.25, 0.3) is 11.3 Å². The van der Waals surface area contributed by atoms with Gasteiger partial charge in [0.2, 0.25) is 5.82 Å². The van der Waals surface area contributed by atoms with Crippen molar-refractivity contribution in [3.05, 3.63) is 51.5 Å². The highest BCUT2D eigenvalue weighted by Gasteiger charge is 2.28. The molecule has 1 aromatic carbocycles. The van der Waals surface area contributed by atoms with E-state index in [-0.39, 0.29) is 23.6 Å². The SMILES string of the molecule is CC(C)(C)OC(=O)N1CCC(Nc2nc(-c3cccc(Cl)c3)ccc2[N+](=O)[O-])CC1. The molecule has 30 heavy (non-hydrogen) atoms. The smallest absolute Gasteiger partial charge is 0.410 e. The number of aromatic nitrogens is 1. The van der Waals surface area contributed by atoms with E-state index >= 15 is 0 Å². The summed E-state index contributed by atoms with van der Waals surface area (Å²) in [4.78, 5) is 29.4. The highest BCUT2D eigenvalue weighted by atomic mass is 35.5. The Kier molecular flexibility index (Phi) is 6.45. The lowest BCUT2D eigenvalue weighted by Gasteiger charge is -2.33. The number of benzene rings is 1. The monoisotopic (exact) mass is 432 g/mol. The highest BCUT2D eigenvalue weighted by Crippen LogP contribution is 2.30. The second kappa shape index (κ2) is 8.87. The fraction of sp³-hybridized carbons (Fsp3) is 0.429. The summed E-state index contributed by atoms with van der Waals surface area (Å²) in [6, 6.07) is 10.2. The first-order valence-electron chi connectivity index (χ1n) is 9.78. The zero-order valence-corrected chi connectivity index (χ0v) is 18.0. The maximum absolute atomic E-state index is 12.2. The second-order valence-corrected chi connectivity index (χ2v) is 8.65. The van der Waals surface area contributed by atoms with Crippen LogP contribution < -0.4 is 5.32 Å². The number of ether oxygens (including phenoxy) is 1. The summed E-state index contributed by atoms with van der Waals surface area (Å²) in [6.45, 7) is 6.51. The normalized spacial score (nSPS) is 15.0. The van der Waals surface area contributed by atoms with Crippen LogP contribution in [0.4, 0.5) is 16.3 Å². The number of carbonyl (C=O) groups excluding carboxylic acids is 1. The number of hydrogen-bond donors (Lipinski definition) is 1. The number of hydrogen-bond acceptors (Lipinski definition) is 6. The maximum Gasteiger partial charge on any atom is 0.410 e. The Bertz CT molecular complexity index is 937. The first-order valence-corrected chi connectivity index (χ1v) is 10.2. The number of amides is 1. The predicted octanol–water partition coefficient (Wildman–Crippen LogP) is 5.12. The summed E-state index contributed by atoms with van der Waals surface area (Å²) in [5.41, 5.74) is 0.740. The molecule has 3 rings (SSSR count). The Morgan fingerprint density at radius 3 is 2.57 bits per heavy atom. The number of anilines is 1. The van der Waals surface area contributed by atoms with Gasteiger partial charge in [-0.1, -0.05) is 23.7 Å². The maximum atomic E-state index is 12.2. The summed E-state index contributed by atoms with van der Waals surface area (Å²) in [5.74, 6) is 0.216. The predicted molar refractivity (Wildman–Crippen MR) is 116 cm³/mol. The van der Waals surface area contributed by atoms with Crippen molar-refractivity contribution in [2.24, 2.45) is 0 Å². The van der Waals surface area contributed by atoms with Crippen molar-refractivity contribution in [1.82, 2.24) is 9.88 Å². The van der Waals surface area contributed by atoms with Crippen molar-refractivity contribution in [3.63, 3.8) is 0 Å². The number of halogens is 1. The van der Waals surface area contributed by atoms with Crippen molar-refractivity contribution in [2.45, 2.75) is 45.3 Å². The van der Waals surface area contributed by atoms with Gasteiger partial charge in [0.05, 0.1) is 10.6 Å². The molecule has 1 N–H and O–H groups in total. The summed E-state index contributed by atoms with van der Waals surface area (Å²) >= 11 is 6.06. The van der Waals surface area contributed by atoms with E-state index in [9.17, 15) is 14.9 Å². The van der Waals surface area contributed by atoms with E-state index in [1.165, 1.54) is 6.07 Å². The molecule has 2 aromatic rings. The van der Waals surface area contributed by atoms with Crippen LogP contribution in [0.3, 0.4) is 0 Å². The van der Waals surface area contributed by atoms with E-state index in [1.807, 2.05) is 26.8 Å². The zero-order chi connectivity index (χ0) is 21.9. The molecule has 1 aliphatic rings. The Morgan fingerprint density at radius 1 is 1.27 bits per heavy atom. The number of nitro groups is 1. The molecule has 1 fully saturated rings. The number of piperidine rings is 1. The fourth-order valence-electron chi connectivity index (χ4n) is 3.24. The fourth-order valence-corrected chi connectivity index (χ4v) is 3.43. The molecular formula is C21H25ClN4O4. The lowest BCUT2D eigenvalue weighted by Crippen LogP contribution is -2.44. The third kappa shape index (κ3) is 5.60. The average molecular weight is 433 g/mol. The summed E-state index contributed by atoms with van der Waals surface area (Å²) in [7, 11) is 0. The third-order valence-corrected chi connectivity index (χ3v) is 4.91. The van der Waals surface area contributed by atoms with Gasteiger partial charge in [-0.3, -0.25) is 10.1 Å². The van der Waals surface area contributed by atoms with Crippen LogP contribution in [0.1, 0.15) is 33.6 Å². The van der Waals surface area contributed by atoms with Gasteiger partial charge in [0.15, 0.2) is 0 Å². The van der Waals surface area contributed by atoms with Crippen LogP contribution in [-0.2, 0) is 4.74 Å². The lowest BCUT2D eigenvalue weighted by atomic mass is 10.1. The second-order valence-electron chi connectivity index (χ2n) is 8.22. The summed E-state index contributed by atoms with van der Waals surface area (Å²) in [5, 5.41) is 15.2. The number of pyridine rings is 1. The molecule has 2 heterocycles. The van der Waals surface area contributed by atoms with E-state index in [0.29, 0.717) is 36.6 Å². The van der Waals surface area contributed by atoms with Gasteiger partial charge in [-0.2, -0.15) is 0 Å². The van der Waals surface area contributed by atoms with Gasteiger partial charge >= 0.3 is 11.8 Å². The molecule has 0 atom stereocenters. The Morgan fingerprint density at radius 2 is 1.97 bits per heavy atom. The minimum absolute atomic E-state index is 0.0375. The molecule has 1 aromatic heterocycles. The van der Waals surface area contributed by atoms with Crippen molar-refractivity contribution >= 4 is 29.2 Å². The van der Waals surface area contributed by atoms with Gasteiger partial charge in [-0.15, -0.1) is 0 Å².